The molecule has 0 aliphatic heterocycles. The number of carbonyl (C=O) groups excluding carboxylic acids is 2. The number of carbonyl (C=O) groups is 2. The molecule has 0 saturated carbocycles. The molecule has 138 valence electrons. The molecule has 3 nitrogen and oxygen atoms in total. The minimum absolute atomic E-state index is 0.0177. The lowest BCUT2D eigenvalue weighted by Crippen LogP contribution is -2.10. The summed E-state index contributed by atoms with van der Waals surface area (Å²) >= 11 is 0. The van der Waals surface area contributed by atoms with Gasteiger partial charge < -0.3 is 9.53 Å². The Bertz CT molecular complexity index is 795. The molecule has 0 heterocycles. The Balaban J connectivity index is 2.26. The van der Waals surface area contributed by atoms with Crippen LogP contribution < -0.4 is 4.74 Å². The summed E-state index contributed by atoms with van der Waals surface area (Å²) in [6, 6.07) is 8.01. The topological polar surface area (TPSA) is 43.4 Å². The van der Waals surface area contributed by atoms with Gasteiger partial charge >= 0.3 is 6.18 Å². The van der Waals surface area contributed by atoms with Crippen LogP contribution in [0.5, 0.6) is 5.75 Å². The van der Waals surface area contributed by atoms with Crippen molar-refractivity contribution in [2.24, 2.45) is 0 Å². The summed E-state index contributed by atoms with van der Waals surface area (Å²) in [5.41, 5.74) is -0.616. The Morgan fingerprint density at radius 1 is 1.00 bits per heavy atom. The number of benzene rings is 2. The van der Waals surface area contributed by atoms with Gasteiger partial charge in [-0.15, -0.1) is 0 Å². The van der Waals surface area contributed by atoms with Crippen molar-refractivity contribution in [3.8, 4) is 5.75 Å². The van der Waals surface area contributed by atoms with Crippen molar-refractivity contribution in [1.82, 2.24) is 0 Å². The first-order valence-corrected chi connectivity index (χ1v) is 7.78. The minimum atomic E-state index is -4.61. The lowest BCUT2D eigenvalue weighted by atomic mass is 10.0. The second kappa shape index (κ2) is 8.12. The molecule has 0 aromatic heterocycles. The second-order valence-electron chi connectivity index (χ2n) is 5.75. The number of ether oxygens (including phenoxy) is 1. The Morgan fingerprint density at radius 3 is 2.23 bits per heavy atom. The maximum Gasteiger partial charge on any atom is 0.416 e. The Kier molecular flexibility index (Phi) is 6.13. The van der Waals surface area contributed by atoms with Crippen LogP contribution in [0, 0.1) is 5.82 Å². The number of rotatable bonds is 7. The molecule has 2 rings (SSSR count). The van der Waals surface area contributed by atoms with Crippen LogP contribution in [-0.2, 0) is 17.6 Å². The van der Waals surface area contributed by atoms with Gasteiger partial charge in [-0.25, -0.2) is 4.39 Å². The Labute approximate surface area is 147 Å². The fourth-order valence-corrected chi connectivity index (χ4v) is 2.22. The van der Waals surface area contributed by atoms with Gasteiger partial charge in [0, 0.05) is 12.8 Å². The van der Waals surface area contributed by atoms with E-state index < -0.39 is 23.3 Å². The van der Waals surface area contributed by atoms with Gasteiger partial charge in [0.15, 0.2) is 5.78 Å². The number of hydrogen-bond acceptors (Lipinski definition) is 3. The molecule has 0 N–H and O–H groups in total. The fourth-order valence-electron chi connectivity index (χ4n) is 2.22. The van der Waals surface area contributed by atoms with E-state index in [-0.39, 0.29) is 36.5 Å². The van der Waals surface area contributed by atoms with Crippen molar-refractivity contribution in [3.63, 3.8) is 0 Å². The molecule has 0 saturated heterocycles. The predicted octanol–water partition coefficient (Wildman–Crippen LogP) is 4.98. The van der Waals surface area contributed by atoms with Crippen molar-refractivity contribution < 1.29 is 31.9 Å². The van der Waals surface area contributed by atoms with E-state index in [0.29, 0.717) is 5.56 Å². The molecule has 0 radical (unpaired) electrons. The van der Waals surface area contributed by atoms with Crippen molar-refractivity contribution in [2.45, 2.75) is 32.5 Å². The molecule has 7 heteroatoms. The standard InChI is InChI=1S/C19H16F4O3/c1-12(24)2-8-17(25)16-10-14(19(21,22)23)5-9-18(16)26-11-13-3-6-15(20)7-4-13/h3-7,9-10H,2,8,11H2,1H3. The van der Waals surface area contributed by atoms with E-state index in [1.54, 1.807) is 0 Å². The number of hydrogen-bond donors (Lipinski definition) is 0. The van der Waals surface area contributed by atoms with Crippen LogP contribution in [-0.4, -0.2) is 11.6 Å². The normalized spacial score (nSPS) is 11.3. The van der Waals surface area contributed by atoms with Gasteiger partial charge in [-0.1, -0.05) is 12.1 Å². The van der Waals surface area contributed by atoms with Gasteiger partial charge in [-0.05, 0) is 42.8 Å². The van der Waals surface area contributed by atoms with E-state index in [2.05, 4.69) is 0 Å². The van der Waals surface area contributed by atoms with E-state index in [0.717, 1.165) is 18.2 Å². The molecule has 26 heavy (non-hydrogen) atoms. The van der Waals surface area contributed by atoms with Gasteiger partial charge in [0.2, 0.25) is 0 Å². The molecule has 0 atom stereocenters. The number of Topliss-reactive ketones (excluding diaryl/α,β-unsaturated/α-hetero) is 2. The van der Waals surface area contributed by atoms with E-state index in [1.807, 2.05) is 0 Å². The molecule has 0 unspecified atom stereocenters. The summed E-state index contributed by atoms with van der Waals surface area (Å²) in [6.45, 7) is 1.25. The van der Waals surface area contributed by atoms with Crippen LogP contribution >= 0.6 is 0 Å². The monoisotopic (exact) mass is 368 g/mol. The molecular weight excluding hydrogens is 352 g/mol. The third-order valence-electron chi connectivity index (χ3n) is 3.62. The van der Waals surface area contributed by atoms with Crippen LogP contribution in [0.3, 0.4) is 0 Å². The fraction of sp³-hybridized carbons (Fsp3) is 0.263. The van der Waals surface area contributed by atoms with Crippen LogP contribution in [0.2, 0.25) is 0 Å². The largest absolute Gasteiger partial charge is 0.488 e. The van der Waals surface area contributed by atoms with Gasteiger partial charge in [0.05, 0.1) is 11.1 Å². The molecule has 2 aromatic rings. The smallest absolute Gasteiger partial charge is 0.416 e. The first kappa shape index (κ1) is 19.6. The predicted molar refractivity (Wildman–Crippen MR) is 86.4 cm³/mol. The van der Waals surface area contributed by atoms with Crippen LogP contribution in [0.25, 0.3) is 0 Å². The Hall–Kier alpha value is -2.70. The summed E-state index contributed by atoms with van der Waals surface area (Å²) in [7, 11) is 0. The van der Waals surface area contributed by atoms with Crippen LogP contribution in [0.4, 0.5) is 17.6 Å². The van der Waals surface area contributed by atoms with Crippen molar-refractivity contribution >= 4 is 11.6 Å². The third kappa shape index (κ3) is 5.40. The minimum Gasteiger partial charge on any atom is -0.488 e. The molecule has 0 aliphatic carbocycles. The van der Waals surface area contributed by atoms with Gasteiger partial charge in [-0.2, -0.15) is 13.2 Å². The highest BCUT2D eigenvalue weighted by Gasteiger charge is 2.32. The first-order chi connectivity index (χ1) is 12.2. The molecular formula is C19H16F4O3. The van der Waals surface area contributed by atoms with Crippen molar-refractivity contribution in [3.05, 3.63) is 65.0 Å². The maximum atomic E-state index is 12.9. The molecule has 2 aromatic carbocycles. The number of ketones is 2. The third-order valence-corrected chi connectivity index (χ3v) is 3.62. The van der Waals surface area contributed by atoms with Gasteiger partial charge in [0.1, 0.15) is 24.0 Å². The zero-order valence-electron chi connectivity index (χ0n) is 13.9. The highest BCUT2D eigenvalue weighted by Crippen LogP contribution is 2.33. The molecule has 0 amide bonds. The first-order valence-electron chi connectivity index (χ1n) is 7.78. The molecule has 0 fully saturated rings. The van der Waals surface area contributed by atoms with Crippen molar-refractivity contribution in [2.75, 3.05) is 0 Å². The molecule has 0 aliphatic rings. The summed E-state index contributed by atoms with van der Waals surface area (Å²) < 4.78 is 57.1. The van der Waals surface area contributed by atoms with Gasteiger partial charge in [-0.3, -0.25) is 4.79 Å². The van der Waals surface area contributed by atoms with E-state index >= 15 is 0 Å². The SMILES string of the molecule is CC(=O)CCC(=O)c1cc(C(F)(F)F)ccc1OCc1ccc(F)cc1. The summed E-state index contributed by atoms with van der Waals surface area (Å²) in [5, 5.41) is 0. The van der Waals surface area contributed by atoms with Crippen molar-refractivity contribution in [1.29, 1.82) is 0 Å². The highest BCUT2D eigenvalue weighted by atomic mass is 19.4. The molecule has 0 bridgehead atoms. The summed E-state index contributed by atoms with van der Waals surface area (Å²) in [6.07, 6.45) is -4.87. The average molecular weight is 368 g/mol. The quantitative estimate of drug-likeness (QED) is 0.512. The van der Waals surface area contributed by atoms with Crippen LogP contribution in [0.1, 0.15) is 41.3 Å². The zero-order chi connectivity index (χ0) is 19.3. The summed E-state index contributed by atoms with van der Waals surface area (Å²) in [4.78, 5) is 23.3. The highest BCUT2D eigenvalue weighted by molar-refractivity contribution is 6.00. The van der Waals surface area contributed by atoms with E-state index in [9.17, 15) is 27.2 Å². The van der Waals surface area contributed by atoms with E-state index in [4.69, 9.17) is 4.74 Å². The number of alkyl halides is 3. The summed E-state index contributed by atoms with van der Waals surface area (Å²) in [5.74, 6) is -1.29. The van der Waals surface area contributed by atoms with Crippen LogP contribution in [0.15, 0.2) is 42.5 Å². The lowest BCUT2D eigenvalue weighted by Gasteiger charge is -2.14. The Morgan fingerprint density at radius 2 is 1.65 bits per heavy atom. The maximum absolute atomic E-state index is 12.9. The molecule has 0 spiro atoms. The van der Waals surface area contributed by atoms with E-state index in [1.165, 1.54) is 31.2 Å². The lowest BCUT2D eigenvalue weighted by molar-refractivity contribution is -0.137. The second-order valence-corrected chi connectivity index (χ2v) is 5.75. The average Bonchev–Trinajstić information content (AvgIpc) is 2.58. The number of halogens is 4. The van der Waals surface area contributed by atoms with Gasteiger partial charge in [0.25, 0.3) is 0 Å². The zero-order valence-corrected chi connectivity index (χ0v) is 13.9.